The SMILES string of the molecule is CCCCn1cc[n+]([B-][N+]23CCC(CC2)CC3)c1. The lowest BCUT2D eigenvalue weighted by molar-refractivity contribution is -0.876. The van der Waals surface area contributed by atoms with Gasteiger partial charge in [0.2, 0.25) is 0 Å². The molecule has 1 aromatic heterocycles. The van der Waals surface area contributed by atoms with Crippen molar-refractivity contribution < 1.29 is 8.87 Å². The fraction of sp³-hybridized carbons (Fsp3) is 0.786. The van der Waals surface area contributed by atoms with Crippen molar-refractivity contribution in [2.45, 2.75) is 45.6 Å². The first kappa shape index (κ1) is 12.3. The number of aryl methyl sites for hydroxylation is 1. The number of hydrogen-bond acceptors (Lipinski definition) is 0. The number of imidazole rings is 1. The van der Waals surface area contributed by atoms with Crippen LogP contribution in [0.15, 0.2) is 18.7 Å². The highest BCUT2D eigenvalue weighted by molar-refractivity contribution is 6.14. The van der Waals surface area contributed by atoms with Crippen LogP contribution in [0.2, 0.25) is 0 Å². The molecule has 3 fully saturated rings. The molecule has 0 aromatic carbocycles. The van der Waals surface area contributed by atoms with Gasteiger partial charge in [0.25, 0.3) is 7.55 Å². The number of quaternary nitrogens is 1. The van der Waals surface area contributed by atoms with Crippen LogP contribution in [0.4, 0.5) is 0 Å². The number of unbranched alkanes of at least 4 members (excludes halogenated alkanes) is 1. The standard InChI is InChI=1S/C14H25BN3/c1-2-3-7-16-8-9-17(13-16)15-18-10-4-14(5-11-18)6-12-18/h8-9,13-14H,2-7,10-12H2,1H3/q+1. The van der Waals surface area contributed by atoms with Gasteiger partial charge in [0, 0.05) is 19.6 Å². The predicted molar refractivity (Wildman–Crippen MR) is 72.9 cm³/mol. The van der Waals surface area contributed by atoms with Gasteiger partial charge >= 0.3 is 0 Å². The molecule has 18 heavy (non-hydrogen) atoms. The molecule has 0 saturated carbocycles. The molecule has 3 nitrogen and oxygen atoms in total. The van der Waals surface area contributed by atoms with Gasteiger partial charge in [-0.2, -0.15) is 0 Å². The van der Waals surface area contributed by atoms with E-state index in [0.717, 1.165) is 12.5 Å². The van der Waals surface area contributed by atoms with E-state index in [-0.39, 0.29) is 0 Å². The van der Waals surface area contributed by atoms with Crippen molar-refractivity contribution in [2.24, 2.45) is 5.92 Å². The van der Waals surface area contributed by atoms with E-state index in [9.17, 15) is 0 Å². The zero-order valence-corrected chi connectivity index (χ0v) is 11.6. The van der Waals surface area contributed by atoms with E-state index in [4.69, 9.17) is 0 Å². The van der Waals surface area contributed by atoms with Crippen LogP contribution in [0.25, 0.3) is 0 Å². The number of nitrogens with zero attached hydrogens (tertiary/aromatic N) is 3. The van der Waals surface area contributed by atoms with Gasteiger partial charge in [0.1, 0.15) is 6.20 Å². The van der Waals surface area contributed by atoms with Crippen molar-refractivity contribution in [1.29, 1.82) is 0 Å². The Hall–Kier alpha value is -0.765. The van der Waals surface area contributed by atoms with Crippen molar-refractivity contribution in [2.75, 3.05) is 19.6 Å². The van der Waals surface area contributed by atoms with E-state index in [1.165, 1.54) is 56.1 Å². The molecule has 0 amide bonds. The van der Waals surface area contributed by atoms with Crippen molar-refractivity contribution in [3.63, 3.8) is 0 Å². The zero-order chi connectivity index (χ0) is 12.4. The Kier molecular flexibility index (Phi) is 3.47. The van der Waals surface area contributed by atoms with Crippen molar-refractivity contribution in [3.05, 3.63) is 18.7 Å². The molecular formula is C14H25BN3+. The molecule has 4 heterocycles. The lowest BCUT2D eigenvalue weighted by Gasteiger charge is -2.56. The number of rotatable bonds is 5. The van der Waals surface area contributed by atoms with Crippen LogP contribution < -0.4 is 4.48 Å². The van der Waals surface area contributed by atoms with Crippen LogP contribution in [0.3, 0.4) is 0 Å². The molecule has 3 aliphatic rings. The monoisotopic (exact) mass is 246 g/mol. The van der Waals surface area contributed by atoms with Crippen molar-refractivity contribution in [1.82, 2.24) is 4.57 Å². The first-order valence-electron chi connectivity index (χ1n) is 7.58. The maximum atomic E-state index is 2.46. The van der Waals surface area contributed by atoms with Crippen LogP contribution in [0, 0.1) is 5.92 Å². The summed E-state index contributed by atoms with van der Waals surface area (Å²) < 4.78 is 5.83. The topological polar surface area (TPSA) is 8.81 Å². The molecule has 4 rings (SSSR count). The summed E-state index contributed by atoms with van der Waals surface area (Å²) in [5, 5.41) is 0. The van der Waals surface area contributed by atoms with Gasteiger partial charge < -0.3 is 8.87 Å². The van der Waals surface area contributed by atoms with E-state index in [1.807, 2.05) is 0 Å². The van der Waals surface area contributed by atoms with Crippen molar-refractivity contribution >= 4 is 7.55 Å². The fourth-order valence-electron chi connectivity index (χ4n) is 3.50. The predicted octanol–water partition coefficient (Wildman–Crippen LogP) is 1.59. The molecule has 0 unspecified atom stereocenters. The van der Waals surface area contributed by atoms with Gasteiger partial charge in [0.15, 0.2) is 6.33 Å². The maximum absolute atomic E-state index is 2.46. The Morgan fingerprint density at radius 1 is 1.28 bits per heavy atom. The third-order valence-corrected chi connectivity index (χ3v) is 4.81. The maximum Gasteiger partial charge on any atom is 0.282 e. The second-order valence-corrected chi connectivity index (χ2v) is 6.19. The van der Waals surface area contributed by atoms with E-state index >= 15 is 0 Å². The summed E-state index contributed by atoms with van der Waals surface area (Å²) in [5.74, 6) is 1.04. The summed E-state index contributed by atoms with van der Waals surface area (Å²) >= 11 is 0. The van der Waals surface area contributed by atoms with Crippen LogP contribution in [-0.4, -0.2) is 36.1 Å². The molecule has 4 heteroatoms. The Morgan fingerprint density at radius 3 is 2.67 bits per heavy atom. The minimum atomic E-state index is 1.04. The summed E-state index contributed by atoms with van der Waals surface area (Å²) in [7, 11) is 2.46. The number of hydrogen-bond donors (Lipinski definition) is 0. The molecule has 3 saturated heterocycles. The average Bonchev–Trinajstić information content (AvgIpc) is 2.85. The van der Waals surface area contributed by atoms with Crippen LogP contribution in [-0.2, 0) is 6.54 Å². The van der Waals surface area contributed by atoms with Gasteiger partial charge in [-0.05, 0) is 31.6 Å². The summed E-state index contributed by atoms with van der Waals surface area (Å²) in [5.41, 5.74) is 0. The van der Waals surface area contributed by atoms with Gasteiger partial charge in [-0.15, -0.1) is 0 Å². The summed E-state index contributed by atoms with van der Waals surface area (Å²) in [6.45, 7) is 7.48. The van der Waals surface area contributed by atoms with Crippen molar-refractivity contribution in [3.8, 4) is 0 Å². The fourth-order valence-corrected chi connectivity index (χ4v) is 3.50. The molecule has 0 atom stereocenters. The molecular weight excluding hydrogens is 221 g/mol. The molecule has 0 aliphatic carbocycles. The minimum absolute atomic E-state index is 1.04. The van der Waals surface area contributed by atoms with E-state index in [1.54, 1.807) is 0 Å². The summed E-state index contributed by atoms with van der Waals surface area (Å²) in [6, 6.07) is 0. The van der Waals surface area contributed by atoms with E-state index in [2.05, 4.69) is 42.2 Å². The van der Waals surface area contributed by atoms with Gasteiger partial charge in [-0.1, -0.05) is 13.3 Å². The number of aromatic nitrogens is 2. The zero-order valence-electron chi connectivity index (χ0n) is 11.6. The number of fused-ring (bicyclic) bond motifs is 3. The molecule has 1 aromatic rings. The Balaban J connectivity index is 1.63. The molecule has 2 radical (unpaired) electrons. The Bertz CT molecular complexity index is 380. The summed E-state index contributed by atoms with van der Waals surface area (Å²) in [4.78, 5) is 0. The third kappa shape index (κ3) is 2.49. The quantitative estimate of drug-likeness (QED) is 0.698. The molecule has 0 spiro atoms. The number of piperidine rings is 3. The van der Waals surface area contributed by atoms with Gasteiger partial charge in [0.05, 0.1) is 12.7 Å². The second kappa shape index (κ2) is 5.08. The lowest BCUT2D eigenvalue weighted by Crippen LogP contribution is -2.68. The lowest BCUT2D eigenvalue weighted by atomic mass is 9.80. The van der Waals surface area contributed by atoms with E-state index < -0.39 is 0 Å². The van der Waals surface area contributed by atoms with Gasteiger partial charge in [-0.3, -0.25) is 0 Å². The van der Waals surface area contributed by atoms with Crippen LogP contribution >= 0.6 is 0 Å². The normalized spacial score (nSPS) is 30.8. The summed E-state index contributed by atoms with van der Waals surface area (Å²) in [6.07, 6.45) is 13.5. The molecule has 98 valence electrons. The first-order valence-corrected chi connectivity index (χ1v) is 7.58. The highest BCUT2D eigenvalue weighted by Crippen LogP contribution is 2.31. The van der Waals surface area contributed by atoms with E-state index in [0.29, 0.717) is 0 Å². The Morgan fingerprint density at radius 2 is 2.00 bits per heavy atom. The highest BCUT2D eigenvalue weighted by atomic mass is 15.3. The molecule has 3 aliphatic heterocycles. The van der Waals surface area contributed by atoms with Crippen LogP contribution in [0.1, 0.15) is 39.0 Å². The first-order chi connectivity index (χ1) is 8.80. The smallest absolute Gasteiger partial charge is 0.282 e. The third-order valence-electron chi connectivity index (χ3n) is 4.81. The Labute approximate surface area is 111 Å². The molecule has 2 bridgehead atoms. The minimum Gasteiger partial charge on any atom is -0.519 e. The second-order valence-electron chi connectivity index (χ2n) is 6.19. The van der Waals surface area contributed by atoms with Crippen LogP contribution in [0.5, 0.6) is 0 Å². The highest BCUT2D eigenvalue weighted by Gasteiger charge is 2.34. The average molecular weight is 246 g/mol. The molecule has 0 N–H and O–H groups in total. The largest absolute Gasteiger partial charge is 0.519 e. The van der Waals surface area contributed by atoms with Gasteiger partial charge in [-0.25, -0.2) is 4.57 Å².